The molecule has 0 aliphatic rings. The summed E-state index contributed by atoms with van der Waals surface area (Å²) < 4.78 is 0.0625. The highest BCUT2D eigenvalue weighted by molar-refractivity contribution is 8.51. The van der Waals surface area contributed by atoms with Gasteiger partial charge < -0.3 is 0 Å². The lowest BCUT2D eigenvalue weighted by molar-refractivity contribution is 1.83. The first kappa shape index (κ1) is 15.8. The lowest BCUT2D eigenvalue weighted by atomic mass is 11.8. The molecule has 0 radical (unpaired) electrons. The molecular formula is C5H12S8. The topological polar surface area (TPSA) is 0 Å². The number of hydrogen-bond donors (Lipinski definition) is 4. The molecule has 0 unspecified atom stereocenters. The number of thioether (sulfide) groups is 4. The van der Waals surface area contributed by atoms with Gasteiger partial charge in [0.05, 0.1) is 0 Å². The second kappa shape index (κ2) is 9.99. The Morgan fingerprint density at radius 2 is 0.846 bits per heavy atom. The minimum Gasteiger partial charge on any atom is -0.168 e. The zero-order valence-electron chi connectivity index (χ0n) is 6.75. The fourth-order valence-electron chi connectivity index (χ4n) is 0.566. The van der Waals surface area contributed by atoms with Crippen LogP contribution < -0.4 is 0 Å². The molecule has 0 heterocycles. The van der Waals surface area contributed by atoms with Gasteiger partial charge in [0.2, 0.25) is 0 Å². The Labute approximate surface area is 119 Å². The van der Waals surface area contributed by atoms with Gasteiger partial charge in [0.1, 0.15) is 0 Å². The van der Waals surface area contributed by atoms with Crippen molar-refractivity contribution in [1.29, 1.82) is 0 Å². The summed E-state index contributed by atoms with van der Waals surface area (Å²) in [6.07, 6.45) is 0. The summed E-state index contributed by atoms with van der Waals surface area (Å²) >= 11 is 24.2. The number of hydrogen-bond acceptors (Lipinski definition) is 8. The largest absolute Gasteiger partial charge is 0.168 e. The minimum absolute atomic E-state index is 0.0625. The molecule has 13 heavy (non-hydrogen) atoms. The molecule has 0 aromatic rings. The van der Waals surface area contributed by atoms with Crippen molar-refractivity contribution in [2.45, 2.75) is 2.74 Å². The summed E-state index contributed by atoms with van der Waals surface area (Å²) in [6, 6.07) is 0. The summed E-state index contributed by atoms with van der Waals surface area (Å²) in [6.45, 7) is 0. The van der Waals surface area contributed by atoms with Crippen LogP contribution in [0.5, 0.6) is 0 Å². The smallest absolute Gasteiger partial charge is 0.156 e. The van der Waals surface area contributed by atoms with Crippen LogP contribution in [0.25, 0.3) is 0 Å². The molecule has 0 N–H and O–H groups in total. The molecule has 0 aromatic heterocycles. The van der Waals surface area contributed by atoms with Crippen molar-refractivity contribution in [3.8, 4) is 0 Å². The highest BCUT2D eigenvalue weighted by atomic mass is 32.3. The maximum atomic E-state index is 4.24. The third kappa shape index (κ3) is 6.86. The van der Waals surface area contributed by atoms with Crippen LogP contribution >= 0.6 is 97.6 Å². The van der Waals surface area contributed by atoms with Crippen molar-refractivity contribution in [2.75, 3.05) is 20.3 Å². The molecule has 0 saturated heterocycles. The first-order valence-electron chi connectivity index (χ1n) is 3.24. The van der Waals surface area contributed by atoms with Gasteiger partial charge in [0.25, 0.3) is 0 Å². The van der Waals surface area contributed by atoms with E-state index in [-0.39, 0.29) is 2.74 Å². The Kier molecular flexibility index (Phi) is 12.1. The Hall–Kier alpha value is 2.80. The molecule has 0 saturated carbocycles. The summed E-state index contributed by atoms with van der Waals surface area (Å²) in [7, 11) is 0. The fraction of sp³-hybridized carbons (Fsp3) is 1.00. The van der Waals surface area contributed by atoms with Gasteiger partial charge in [-0.15, -0.1) is 47.0 Å². The zero-order chi connectivity index (χ0) is 10.2. The van der Waals surface area contributed by atoms with Crippen LogP contribution in [-0.2, 0) is 0 Å². The van der Waals surface area contributed by atoms with Crippen molar-refractivity contribution < 1.29 is 0 Å². The van der Waals surface area contributed by atoms with Gasteiger partial charge in [-0.1, -0.05) is 0 Å². The molecule has 0 aliphatic carbocycles. The standard InChI is InChI=1S/C5H12S8/c6-1-10-5(11-2-7,12-3-8)13-4-9/h6-9H,1-4H2. The molecule has 0 atom stereocenters. The Bertz CT molecular complexity index is 87.6. The second-order valence-corrected chi connectivity index (χ2v) is 10.9. The van der Waals surface area contributed by atoms with E-state index in [1.54, 1.807) is 47.0 Å². The third-order valence-electron chi connectivity index (χ3n) is 0.965. The Balaban J connectivity index is 4.19. The molecule has 0 amide bonds. The van der Waals surface area contributed by atoms with Crippen LogP contribution in [0.3, 0.4) is 0 Å². The highest BCUT2D eigenvalue weighted by Gasteiger charge is 2.30. The van der Waals surface area contributed by atoms with Gasteiger partial charge >= 0.3 is 0 Å². The van der Waals surface area contributed by atoms with Gasteiger partial charge in [-0.05, 0) is 0 Å². The first-order chi connectivity index (χ1) is 6.24. The van der Waals surface area contributed by atoms with E-state index in [1.165, 1.54) is 0 Å². The molecule has 8 heteroatoms. The van der Waals surface area contributed by atoms with Crippen molar-refractivity contribution in [1.82, 2.24) is 0 Å². The predicted octanol–water partition coefficient (Wildman–Crippen LogP) is 4.08. The van der Waals surface area contributed by atoms with E-state index < -0.39 is 0 Å². The Morgan fingerprint density at radius 1 is 0.615 bits per heavy atom. The molecular weight excluding hydrogens is 317 g/mol. The monoisotopic (exact) mass is 328 g/mol. The second-order valence-electron chi connectivity index (χ2n) is 1.59. The molecule has 0 aliphatic heterocycles. The molecule has 80 valence electrons. The van der Waals surface area contributed by atoms with Crippen LogP contribution in [0, 0.1) is 0 Å². The van der Waals surface area contributed by atoms with Gasteiger partial charge in [-0.2, -0.15) is 50.5 Å². The minimum atomic E-state index is 0.0625. The maximum Gasteiger partial charge on any atom is 0.156 e. The van der Waals surface area contributed by atoms with E-state index in [2.05, 4.69) is 50.5 Å². The molecule has 0 spiro atoms. The molecule has 0 bridgehead atoms. The average molecular weight is 329 g/mol. The summed E-state index contributed by atoms with van der Waals surface area (Å²) in [4.78, 5) is 0. The van der Waals surface area contributed by atoms with Crippen LogP contribution in [0.2, 0.25) is 0 Å². The lowest BCUT2D eigenvalue weighted by Gasteiger charge is -2.29. The first-order valence-corrected chi connectivity index (χ1v) is 9.71. The van der Waals surface area contributed by atoms with Crippen LogP contribution in [0.15, 0.2) is 0 Å². The Morgan fingerprint density at radius 3 is 1.00 bits per heavy atom. The summed E-state index contributed by atoms with van der Waals surface area (Å²) in [5.41, 5.74) is 0. The number of rotatable bonds is 8. The van der Waals surface area contributed by atoms with Gasteiger partial charge in [0.15, 0.2) is 2.74 Å². The van der Waals surface area contributed by atoms with Gasteiger partial charge in [0, 0.05) is 20.3 Å². The van der Waals surface area contributed by atoms with Crippen LogP contribution in [-0.4, -0.2) is 23.1 Å². The normalized spacial score (nSPS) is 12.0. The SMILES string of the molecule is SCSC(SCS)(SCS)SCS. The van der Waals surface area contributed by atoms with Gasteiger partial charge in [-0.3, -0.25) is 0 Å². The van der Waals surface area contributed by atoms with E-state index in [0.29, 0.717) is 0 Å². The highest BCUT2D eigenvalue weighted by Crippen LogP contribution is 2.56. The summed E-state index contributed by atoms with van der Waals surface area (Å²) in [5, 5.41) is 3.23. The van der Waals surface area contributed by atoms with E-state index in [0.717, 1.165) is 20.3 Å². The fourth-order valence-corrected chi connectivity index (χ4v) is 10.8. The van der Waals surface area contributed by atoms with E-state index in [9.17, 15) is 0 Å². The quantitative estimate of drug-likeness (QED) is 0.391. The molecule has 0 aromatic carbocycles. The predicted molar refractivity (Wildman–Crippen MR) is 88.5 cm³/mol. The number of thiol groups is 4. The zero-order valence-corrected chi connectivity index (χ0v) is 13.6. The third-order valence-corrected chi connectivity index (χ3v) is 8.69. The maximum absolute atomic E-state index is 4.24. The van der Waals surface area contributed by atoms with Crippen LogP contribution in [0.4, 0.5) is 0 Å². The van der Waals surface area contributed by atoms with E-state index in [1.807, 2.05) is 0 Å². The van der Waals surface area contributed by atoms with E-state index >= 15 is 0 Å². The lowest BCUT2D eigenvalue weighted by Crippen LogP contribution is -2.10. The van der Waals surface area contributed by atoms with Crippen molar-refractivity contribution in [2.24, 2.45) is 0 Å². The van der Waals surface area contributed by atoms with E-state index in [4.69, 9.17) is 0 Å². The summed E-state index contributed by atoms with van der Waals surface area (Å²) in [5.74, 6) is 0. The van der Waals surface area contributed by atoms with Crippen molar-refractivity contribution in [3.63, 3.8) is 0 Å². The van der Waals surface area contributed by atoms with Crippen molar-refractivity contribution in [3.05, 3.63) is 0 Å². The van der Waals surface area contributed by atoms with Gasteiger partial charge in [-0.25, -0.2) is 0 Å². The average Bonchev–Trinajstić information content (AvgIpc) is 2.06. The van der Waals surface area contributed by atoms with Crippen LogP contribution in [0.1, 0.15) is 0 Å². The molecule has 0 rings (SSSR count). The van der Waals surface area contributed by atoms with Crippen molar-refractivity contribution >= 4 is 97.6 Å². The molecule has 0 fully saturated rings. The molecule has 0 nitrogen and oxygen atoms in total.